The summed E-state index contributed by atoms with van der Waals surface area (Å²) in [5, 5.41) is 14.2. The molecule has 7 fully saturated rings. The lowest BCUT2D eigenvalue weighted by molar-refractivity contribution is -0.193. The highest BCUT2D eigenvalue weighted by Crippen LogP contribution is 2.87. The average Bonchev–Trinajstić information content (AvgIpc) is 3.58. The molecule has 0 aromatic rings. The third-order valence-electron chi connectivity index (χ3n) is 14.4. The average molecular weight is 618 g/mol. The first-order chi connectivity index (χ1) is 20.9. The Labute approximate surface area is 267 Å². The Kier molecular flexibility index (Phi) is 8.86. The maximum absolute atomic E-state index is 13.1. The van der Waals surface area contributed by atoms with E-state index in [1.165, 1.54) is 51.4 Å². The van der Waals surface area contributed by atoms with Crippen LogP contribution in [0.25, 0.3) is 0 Å². The molecule has 5 saturated carbocycles. The van der Waals surface area contributed by atoms with Gasteiger partial charge in [-0.2, -0.15) is 0 Å². The van der Waals surface area contributed by atoms with Gasteiger partial charge in [0.15, 0.2) is 0 Å². The molecule has 2 spiro atoms. The fourth-order valence-electron chi connectivity index (χ4n) is 12.6. The molecule has 0 radical (unpaired) electrons. The Balaban J connectivity index is 0.00000168. The maximum atomic E-state index is 13.1. The van der Waals surface area contributed by atoms with Crippen LogP contribution in [0.15, 0.2) is 0 Å². The number of aliphatic hydroxyl groups is 1. The lowest BCUT2D eigenvalue weighted by atomic mass is 9.46. The molecular weight excluding hydrogens is 554 g/mol. The number of carbonyl (C=O) groups excluding carboxylic acids is 1. The summed E-state index contributed by atoms with van der Waals surface area (Å²) in [5.74, 6) is 2.63. The number of morpholine rings is 1. The number of rotatable bonds is 6. The lowest BCUT2D eigenvalue weighted by Crippen LogP contribution is -2.56. The molecule has 2 heterocycles. The molecule has 7 aliphatic rings. The zero-order valence-electron chi connectivity index (χ0n) is 29.1. The minimum absolute atomic E-state index is 0.00988. The fourth-order valence-corrected chi connectivity index (χ4v) is 12.6. The first-order valence-corrected chi connectivity index (χ1v) is 18.4. The van der Waals surface area contributed by atoms with Crippen molar-refractivity contribution in [3.05, 3.63) is 0 Å². The fraction of sp³-hybridized carbons (Fsp3) is 0.973. The predicted octanol–water partition coefficient (Wildman–Crippen LogP) is 6.30. The third kappa shape index (κ3) is 4.95. The van der Waals surface area contributed by atoms with Crippen LogP contribution in [0.3, 0.4) is 0 Å². The molecule has 44 heavy (non-hydrogen) atoms. The van der Waals surface area contributed by atoms with E-state index in [-0.39, 0.29) is 41.8 Å². The second-order valence-electron chi connectivity index (χ2n) is 16.9. The molecule has 2 N–H and O–H groups in total. The Morgan fingerprint density at radius 3 is 2.43 bits per heavy atom. The van der Waals surface area contributed by atoms with E-state index in [9.17, 15) is 9.90 Å². The van der Waals surface area contributed by atoms with Gasteiger partial charge in [0.05, 0.1) is 31.0 Å². The second-order valence-corrected chi connectivity index (χ2v) is 16.9. The molecule has 0 bridgehead atoms. The quantitative estimate of drug-likeness (QED) is 0.339. The van der Waals surface area contributed by atoms with E-state index in [1.54, 1.807) is 0 Å². The van der Waals surface area contributed by atoms with Gasteiger partial charge in [0.2, 0.25) is 0 Å². The number of esters is 1. The monoisotopic (exact) mass is 617 g/mol. The van der Waals surface area contributed by atoms with Crippen molar-refractivity contribution in [3.63, 3.8) is 0 Å². The zero-order valence-corrected chi connectivity index (χ0v) is 29.1. The molecule has 0 aromatic heterocycles. The van der Waals surface area contributed by atoms with Crippen LogP contribution in [0.1, 0.15) is 120 Å². The van der Waals surface area contributed by atoms with Gasteiger partial charge in [-0.15, -0.1) is 0 Å². The third-order valence-corrected chi connectivity index (χ3v) is 14.4. The van der Waals surface area contributed by atoms with E-state index in [0.717, 1.165) is 24.7 Å². The summed E-state index contributed by atoms with van der Waals surface area (Å²) < 4.78 is 24.8. The molecule has 2 saturated heterocycles. The molecule has 2 aliphatic heterocycles. The first kappa shape index (κ1) is 33.2. The minimum Gasteiger partial charge on any atom is -0.461 e. The van der Waals surface area contributed by atoms with Gasteiger partial charge < -0.3 is 29.4 Å². The highest BCUT2D eigenvalue weighted by atomic mass is 16.6. The normalized spacial score (nSPS) is 47.8. The van der Waals surface area contributed by atoms with E-state index >= 15 is 0 Å². The summed E-state index contributed by atoms with van der Waals surface area (Å²) in [5.41, 5.74) is 0.332. The second kappa shape index (κ2) is 11.8. The Morgan fingerprint density at radius 2 is 1.75 bits per heavy atom. The highest BCUT2D eigenvalue weighted by molar-refractivity contribution is 5.76. The number of hydrogen-bond acceptors (Lipinski definition) is 7. The molecule has 12 unspecified atom stereocenters. The van der Waals surface area contributed by atoms with Gasteiger partial charge in [-0.25, -0.2) is 0 Å². The summed E-state index contributed by atoms with van der Waals surface area (Å²) in [6.07, 6.45) is 12.2. The van der Waals surface area contributed by atoms with Crippen molar-refractivity contribution < 1.29 is 28.8 Å². The van der Waals surface area contributed by atoms with Crippen molar-refractivity contribution in [1.82, 2.24) is 5.32 Å². The number of hydrogen-bond donors (Lipinski definition) is 2. The lowest BCUT2D eigenvalue weighted by Gasteiger charge is -2.59. The van der Waals surface area contributed by atoms with Gasteiger partial charge in [0, 0.05) is 18.6 Å². The van der Waals surface area contributed by atoms with Gasteiger partial charge in [0.1, 0.15) is 18.2 Å². The van der Waals surface area contributed by atoms with Gasteiger partial charge in [-0.3, -0.25) is 4.79 Å². The Morgan fingerprint density at radius 1 is 1.00 bits per heavy atom. The largest absolute Gasteiger partial charge is 0.461 e. The number of fused-ring (bicyclic) bond motifs is 4. The molecule has 7 nitrogen and oxygen atoms in total. The van der Waals surface area contributed by atoms with Crippen molar-refractivity contribution in [2.75, 3.05) is 26.4 Å². The van der Waals surface area contributed by atoms with Crippen LogP contribution in [-0.2, 0) is 23.7 Å². The van der Waals surface area contributed by atoms with E-state index in [4.69, 9.17) is 18.9 Å². The molecule has 7 rings (SSSR count). The predicted molar refractivity (Wildman–Crippen MR) is 171 cm³/mol. The maximum Gasteiger partial charge on any atom is 0.325 e. The molecule has 0 amide bonds. The highest BCUT2D eigenvalue weighted by Gasteiger charge is 2.81. The minimum atomic E-state index is -0.910. The number of carbonyl (C=O) groups is 1. The zero-order chi connectivity index (χ0) is 31.7. The standard InChI is InChI=1S/C35H57NO6.C2H6/c1-7-40-29(32(4,5)38)25-10-8-22-26(41-25)18-23-21-9-11-27-31(2,3)28(42-30(37)24-19-39-17-16-36-24)12-13-35(27)20-34(21,35)15-14-33(22,23)6;1-2/h21-29,36,38H,7-20H2,1-6H3;1-2H3. The first-order valence-electron chi connectivity index (χ1n) is 18.4. The molecule has 5 aliphatic carbocycles. The topological polar surface area (TPSA) is 86.3 Å². The van der Waals surface area contributed by atoms with Crippen LogP contribution in [-0.4, -0.2) is 73.5 Å². The molecule has 0 aromatic carbocycles. The smallest absolute Gasteiger partial charge is 0.325 e. The van der Waals surface area contributed by atoms with Crippen LogP contribution in [0.2, 0.25) is 0 Å². The summed E-state index contributed by atoms with van der Waals surface area (Å²) in [6, 6.07) is -0.329. The van der Waals surface area contributed by atoms with Crippen molar-refractivity contribution >= 4 is 5.97 Å². The van der Waals surface area contributed by atoms with Crippen molar-refractivity contribution in [3.8, 4) is 0 Å². The summed E-state index contributed by atoms with van der Waals surface area (Å²) in [7, 11) is 0. The van der Waals surface area contributed by atoms with E-state index in [0.29, 0.717) is 54.4 Å². The van der Waals surface area contributed by atoms with Crippen LogP contribution < -0.4 is 5.32 Å². The number of nitrogens with one attached hydrogen (secondary N) is 1. The van der Waals surface area contributed by atoms with E-state index in [1.807, 2.05) is 34.6 Å². The van der Waals surface area contributed by atoms with Gasteiger partial charge in [-0.1, -0.05) is 34.6 Å². The van der Waals surface area contributed by atoms with E-state index in [2.05, 4.69) is 26.1 Å². The van der Waals surface area contributed by atoms with Crippen molar-refractivity contribution in [1.29, 1.82) is 0 Å². The molecule has 12 atom stereocenters. The van der Waals surface area contributed by atoms with Crippen LogP contribution in [0.5, 0.6) is 0 Å². The summed E-state index contributed by atoms with van der Waals surface area (Å²) in [4.78, 5) is 13.1. The molecule has 252 valence electrons. The van der Waals surface area contributed by atoms with Crippen molar-refractivity contribution in [2.24, 2.45) is 45.3 Å². The number of ether oxygens (including phenoxy) is 4. The SMILES string of the molecule is CC.CCOC(C1CCC2C(CC3C4CCC5C(C)(C)C(OC(=O)C6COCCN6)CCC56CC46CCC23C)O1)C(C)(C)O. The molecular formula is C37H63NO6. The van der Waals surface area contributed by atoms with Crippen molar-refractivity contribution in [2.45, 2.75) is 156 Å². The van der Waals surface area contributed by atoms with Gasteiger partial charge in [0.25, 0.3) is 0 Å². The van der Waals surface area contributed by atoms with Crippen LogP contribution in [0, 0.1) is 45.3 Å². The van der Waals surface area contributed by atoms with Crippen LogP contribution in [0.4, 0.5) is 0 Å². The van der Waals surface area contributed by atoms with Gasteiger partial charge >= 0.3 is 5.97 Å². The Bertz CT molecular complexity index is 1050. The molecule has 7 heteroatoms. The Hall–Kier alpha value is -0.730. The van der Waals surface area contributed by atoms with Crippen LogP contribution >= 0.6 is 0 Å². The summed E-state index contributed by atoms with van der Waals surface area (Å²) >= 11 is 0. The van der Waals surface area contributed by atoms with Gasteiger partial charge in [-0.05, 0) is 125 Å². The van der Waals surface area contributed by atoms with E-state index < -0.39 is 5.60 Å². The summed E-state index contributed by atoms with van der Waals surface area (Å²) in [6.45, 7) is 19.5.